The molecule has 0 unspecified atom stereocenters. The highest BCUT2D eigenvalue weighted by Crippen LogP contribution is 2.19. The molecule has 270 valence electrons. The first kappa shape index (κ1) is 70.4. The highest BCUT2D eigenvalue weighted by molar-refractivity contribution is 7.47. The average molecular weight is 908 g/mol. The van der Waals surface area contributed by atoms with E-state index in [-0.39, 0.29) is 23.5 Å². The predicted octanol–water partition coefficient (Wildman–Crippen LogP) is -10.1. The topological polar surface area (TPSA) is 70.5 Å². The maximum atomic E-state index is 11.1. The van der Waals surface area contributed by atoms with Gasteiger partial charge in [-0.25, -0.2) is 0 Å². The van der Waals surface area contributed by atoms with Crippen molar-refractivity contribution in [2.24, 2.45) is 0 Å². The fourth-order valence-electron chi connectivity index (χ4n) is 0.259. The van der Waals surface area contributed by atoms with Crippen molar-refractivity contribution in [3.05, 3.63) is 0 Å². The van der Waals surface area contributed by atoms with Gasteiger partial charge in [0.05, 0.1) is 0 Å². The minimum Gasteiger partial charge on any atom is -1.00 e. The maximum absolute atomic E-state index is 11.1. The zero-order valence-corrected chi connectivity index (χ0v) is 26.6. The second-order valence-corrected chi connectivity index (χ2v) is 7.10. The van der Waals surface area contributed by atoms with E-state index in [0.717, 1.165) is 0 Å². The zero-order chi connectivity index (χ0) is 33.9. The summed E-state index contributed by atoms with van der Waals surface area (Å²) in [5.74, 6) is 0. The van der Waals surface area contributed by atoms with Gasteiger partial charge in [-0.05, 0) is 0 Å². The summed E-state index contributed by atoms with van der Waals surface area (Å²) in [6, 6.07) is 0. The molecular weight excluding hydrogens is 908 g/mol. The predicted molar refractivity (Wildman–Crippen MR) is 132 cm³/mol. The van der Waals surface area contributed by atoms with Crippen LogP contribution in [0.3, 0.4) is 0 Å². The summed E-state index contributed by atoms with van der Waals surface area (Å²) in [6.45, 7) is 0. The average Bonchev–Trinajstić information content (AvgIpc) is 2.79. The lowest BCUT2D eigenvalue weighted by molar-refractivity contribution is -0.0568. The Morgan fingerprint density at radius 2 is 0.356 bits per heavy atom. The largest absolute Gasteiger partial charge is 1.00 e. The van der Waals surface area contributed by atoms with Crippen molar-refractivity contribution in [3.63, 3.8) is 0 Å². The summed E-state index contributed by atoms with van der Waals surface area (Å²) in [6.07, 6.45) is -22.9. The van der Waals surface area contributed by atoms with Crippen molar-refractivity contribution in [2.75, 3.05) is 0 Å². The zero-order valence-electron chi connectivity index (χ0n) is 18.7. The Hall–Kier alpha value is -0.950. The molecule has 0 saturated heterocycles. The highest BCUT2D eigenvalue weighted by Gasteiger charge is 2.46. The van der Waals surface area contributed by atoms with Gasteiger partial charge in [-0.2, -0.15) is 65.9 Å². The van der Waals surface area contributed by atoms with Gasteiger partial charge in [-0.15, -0.1) is 0 Å². The van der Waals surface area contributed by atoms with Crippen molar-refractivity contribution in [1.82, 2.24) is 20.2 Å². The molecule has 0 N–H and O–H groups in total. The van der Waals surface area contributed by atoms with Crippen LogP contribution in [0.4, 0.5) is 65.9 Å². The lowest BCUT2D eigenvalue weighted by Crippen LogP contribution is -3.00. The third-order valence-corrected chi connectivity index (χ3v) is 4.48. The van der Waals surface area contributed by atoms with Gasteiger partial charge in [0, 0.05) is 78.2 Å². The molecule has 45 heavy (non-hydrogen) atoms. The van der Waals surface area contributed by atoms with Crippen LogP contribution in [0, 0.1) is 0 Å². The summed E-state index contributed by atoms with van der Waals surface area (Å²) < 4.78 is 178. The molecule has 0 bridgehead atoms. The van der Waals surface area contributed by atoms with Gasteiger partial charge in [0.15, 0.2) is 0 Å². The molecule has 0 saturated carbocycles. The summed E-state index contributed by atoms with van der Waals surface area (Å²) in [5.41, 5.74) is 0. The SMILES string of the molecule is FC(F)(F)C(Cl)=[N+]=S.FC(F)(F)C(Cl)=[N+]=S.FC(F)(F)C(Cl)=[N+]=S.FC(F)(F)C(Cl)=[N+]=S.FC(F)(F)C(Cl)=[N+]=S.[F-].[F-].[F-].[F-].[F-]. The van der Waals surface area contributed by atoms with Crippen molar-refractivity contribution in [3.8, 4) is 0 Å². The molecule has 0 atom stereocenters. The van der Waals surface area contributed by atoms with Crippen molar-refractivity contribution in [2.45, 2.75) is 30.9 Å². The van der Waals surface area contributed by atoms with Gasteiger partial charge >= 0.3 is 119 Å². The molecule has 0 aromatic rings. The fourth-order valence-corrected chi connectivity index (χ4v) is 0.776. The van der Waals surface area contributed by atoms with Gasteiger partial charge in [0.1, 0.15) is 0 Å². The van der Waals surface area contributed by atoms with Crippen LogP contribution in [0.25, 0.3) is 0 Å². The maximum Gasteiger partial charge on any atom is 0.510 e. The first-order valence-electron chi connectivity index (χ1n) is 7.06. The van der Waals surface area contributed by atoms with Gasteiger partial charge in [-0.1, -0.05) is 0 Å². The van der Waals surface area contributed by atoms with Crippen LogP contribution in [0.5, 0.6) is 0 Å². The Balaban J connectivity index is -0.0000000414. The van der Waals surface area contributed by atoms with Gasteiger partial charge in [-0.3, -0.25) is 0 Å². The highest BCUT2D eigenvalue weighted by atomic mass is 35.5. The van der Waals surface area contributed by atoms with Crippen LogP contribution in [-0.2, 0) is 62.1 Å². The quantitative estimate of drug-likeness (QED) is 0.138. The normalized spacial score (nSPS) is 9.33. The third-order valence-electron chi connectivity index (χ3n) is 1.57. The van der Waals surface area contributed by atoms with Gasteiger partial charge < -0.3 is 23.5 Å². The second kappa shape index (κ2) is 31.6. The number of alkyl halides is 15. The van der Waals surface area contributed by atoms with E-state index in [2.05, 4.69) is 140 Å². The van der Waals surface area contributed by atoms with E-state index in [1.807, 2.05) is 0 Å². The minimum absolute atomic E-state index is 0. The van der Waals surface area contributed by atoms with Crippen LogP contribution in [-0.4, -0.2) is 56.7 Å². The Morgan fingerprint density at radius 1 is 0.289 bits per heavy atom. The molecule has 0 aliphatic heterocycles. The van der Waals surface area contributed by atoms with Crippen molar-refractivity contribution >= 4 is 146 Å². The van der Waals surface area contributed by atoms with Gasteiger partial charge in [0.2, 0.25) is 0 Å². The lowest BCUT2D eigenvalue weighted by atomic mass is 10.7. The first-order valence-corrected chi connectivity index (χ1v) is 10.8. The van der Waals surface area contributed by atoms with Crippen LogP contribution < -0.4 is 43.7 Å². The number of halogens is 25. The molecule has 0 aliphatic carbocycles. The summed E-state index contributed by atoms with van der Waals surface area (Å²) in [7, 11) is 0. The number of hydrogen-bond acceptors (Lipinski definition) is 5. The summed E-state index contributed by atoms with van der Waals surface area (Å²) in [4.78, 5) is 0. The van der Waals surface area contributed by atoms with E-state index in [9.17, 15) is 65.9 Å². The van der Waals surface area contributed by atoms with Crippen LogP contribution in [0.2, 0.25) is 0 Å². The van der Waals surface area contributed by atoms with Crippen LogP contribution >= 0.6 is 58.0 Å². The molecule has 0 spiro atoms. The molecule has 0 rings (SSSR count). The third kappa shape index (κ3) is 47.6. The molecule has 0 fully saturated rings. The van der Waals surface area contributed by atoms with Crippen molar-refractivity contribution in [1.29, 1.82) is 0 Å². The molecule has 0 amide bonds. The standard InChI is InChI=1S/5C2ClF3NS.5FH/c5*3-1(7-8)2(4,5)6;;;;;/h;;;;;5*1H/q5*+1;;;;;/p-5. The van der Waals surface area contributed by atoms with E-state index in [1.54, 1.807) is 0 Å². The number of nitrogens with zero attached hydrogens (tertiary/aromatic N) is 5. The summed E-state index contributed by atoms with van der Waals surface area (Å²) >= 11 is 40.6. The molecule has 35 heteroatoms. The number of hydrogen-bond donors (Lipinski definition) is 0. The summed E-state index contributed by atoms with van der Waals surface area (Å²) in [5, 5.41) is -7.53. The molecule has 0 radical (unpaired) electrons. The molecular formula is C10Cl5F20N5S5. The first-order chi connectivity index (χ1) is 17.4. The molecule has 0 aliphatic rings. The monoisotopic (exact) mass is 905 g/mol. The van der Waals surface area contributed by atoms with Crippen molar-refractivity contribution < 1.29 is 89.4 Å². The molecule has 0 aromatic carbocycles. The molecule has 0 heterocycles. The fraction of sp³-hybridized carbons (Fsp3) is 0.500. The second-order valence-electron chi connectivity index (χ2n) is 4.40. The number of rotatable bonds is 0. The van der Waals surface area contributed by atoms with E-state index in [1.165, 1.54) is 0 Å². The molecule has 0 aromatic heterocycles. The Labute approximate surface area is 285 Å². The minimum atomic E-state index is -4.58. The Kier molecular flexibility index (Phi) is 49.5. The van der Waals surface area contributed by atoms with E-state index in [0.29, 0.717) is 0 Å². The van der Waals surface area contributed by atoms with E-state index < -0.39 is 56.7 Å². The van der Waals surface area contributed by atoms with Gasteiger partial charge in [0.25, 0.3) is 0 Å². The smallest absolute Gasteiger partial charge is 0.510 e. The molecule has 5 nitrogen and oxygen atoms in total. The Morgan fingerprint density at radius 3 is 0.356 bits per heavy atom. The van der Waals surface area contributed by atoms with Crippen LogP contribution in [0.1, 0.15) is 0 Å². The Bertz CT molecular complexity index is 877. The van der Waals surface area contributed by atoms with E-state index in [4.69, 9.17) is 0 Å². The van der Waals surface area contributed by atoms with Crippen LogP contribution in [0.15, 0.2) is 0 Å². The van der Waals surface area contributed by atoms with E-state index >= 15 is 0 Å². The lowest BCUT2D eigenvalue weighted by Gasteiger charge is -1.88.